The number of nitrogens with zero attached hydrogens (tertiary/aromatic N) is 1. The molecule has 0 atom stereocenters. The molecule has 0 bridgehead atoms. The molecule has 2 aromatic rings. The fourth-order valence-corrected chi connectivity index (χ4v) is 5.14. The number of benzene rings is 2. The lowest BCUT2D eigenvalue weighted by Gasteiger charge is -2.12. The van der Waals surface area contributed by atoms with E-state index < -0.39 is 26.0 Å². The molecule has 3 rings (SSSR count). The molecule has 160 valence electrons. The Morgan fingerprint density at radius 3 is 2.27 bits per heavy atom. The van der Waals surface area contributed by atoms with Gasteiger partial charge in [-0.25, -0.2) is 21.6 Å². The second kappa shape index (κ2) is 8.84. The molecule has 2 aromatic carbocycles. The summed E-state index contributed by atoms with van der Waals surface area (Å²) >= 11 is 0. The highest BCUT2D eigenvalue weighted by molar-refractivity contribution is 7.92. The van der Waals surface area contributed by atoms with Crippen molar-refractivity contribution in [2.75, 3.05) is 11.3 Å². The molecule has 30 heavy (non-hydrogen) atoms. The maximum Gasteiger partial charge on any atom is 0.335 e. The Labute approximate surface area is 175 Å². The molecule has 0 fully saturated rings. The van der Waals surface area contributed by atoms with Crippen LogP contribution in [0, 0.1) is 0 Å². The highest BCUT2D eigenvalue weighted by Crippen LogP contribution is 2.21. The van der Waals surface area contributed by atoms with Crippen LogP contribution in [0.1, 0.15) is 36.0 Å². The van der Waals surface area contributed by atoms with Gasteiger partial charge >= 0.3 is 5.97 Å². The normalized spacial score (nSPS) is 15.0. The molecule has 1 heterocycles. The lowest BCUT2D eigenvalue weighted by atomic mass is 10.2. The first kappa shape index (κ1) is 21.8. The lowest BCUT2D eigenvalue weighted by Crippen LogP contribution is -2.30. The van der Waals surface area contributed by atoms with E-state index >= 15 is 0 Å². The highest BCUT2D eigenvalue weighted by Gasteiger charge is 2.20. The third-order valence-corrected chi connectivity index (χ3v) is 7.17. The molecule has 0 radical (unpaired) electrons. The van der Waals surface area contributed by atoms with Gasteiger partial charge < -0.3 is 5.11 Å². The predicted molar refractivity (Wildman–Crippen MR) is 112 cm³/mol. The van der Waals surface area contributed by atoms with Crippen molar-refractivity contribution in [2.45, 2.75) is 35.5 Å². The predicted octanol–water partition coefficient (Wildman–Crippen LogP) is 2.44. The molecule has 0 unspecified atom stereocenters. The van der Waals surface area contributed by atoms with E-state index in [9.17, 15) is 21.6 Å². The fraction of sp³-hybridized carbons (Fsp3) is 0.263. The third kappa shape index (κ3) is 5.36. The summed E-state index contributed by atoms with van der Waals surface area (Å²) in [5.74, 6) is -0.864. The smallest absolute Gasteiger partial charge is 0.335 e. The lowest BCUT2D eigenvalue weighted by molar-refractivity contribution is 0.0696. The van der Waals surface area contributed by atoms with Crippen LogP contribution in [-0.2, 0) is 20.0 Å². The largest absolute Gasteiger partial charge is 0.478 e. The van der Waals surface area contributed by atoms with E-state index in [1.54, 1.807) is 0 Å². The van der Waals surface area contributed by atoms with Crippen molar-refractivity contribution in [2.24, 2.45) is 4.99 Å². The number of sulfonamides is 2. The summed E-state index contributed by atoms with van der Waals surface area (Å²) in [4.78, 5) is 15.0. The molecule has 1 aliphatic heterocycles. The van der Waals surface area contributed by atoms with E-state index in [0.717, 1.165) is 25.3 Å². The molecule has 0 aliphatic carbocycles. The Kier molecular flexibility index (Phi) is 6.42. The van der Waals surface area contributed by atoms with Crippen molar-refractivity contribution in [3.63, 3.8) is 0 Å². The first-order chi connectivity index (χ1) is 14.2. The number of hydrogen-bond acceptors (Lipinski definition) is 6. The minimum absolute atomic E-state index is 0.0291. The van der Waals surface area contributed by atoms with Crippen molar-refractivity contribution in [1.29, 1.82) is 0 Å². The van der Waals surface area contributed by atoms with Gasteiger partial charge in [-0.1, -0.05) is 18.6 Å². The number of aliphatic imine (C=N–C) groups is 1. The Morgan fingerprint density at radius 1 is 0.867 bits per heavy atom. The molecule has 0 spiro atoms. The number of hydrogen-bond donors (Lipinski definition) is 3. The number of nitrogens with one attached hydrogen (secondary N) is 2. The van der Waals surface area contributed by atoms with Gasteiger partial charge in [0, 0.05) is 13.0 Å². The highest BCUT2D eigenvalue weighted by atomic mass is 32.2. The van der Waals surface area contributed by atoms with E-state index in [2.05, 4.69) is 14.4 Å². The van der Waals surface area contributed by atoms with Gasteiger partial charge in [0.1, 0.15) is 5.84 Å². The molecule has 3 N–H and O–H groups in total. The van der Waals surface area contributed by atoms with Crippen LogP contribution in [-0.4, -0.2) is 40.3 Å². The number of carboxylic acids is 1. The fourth-order valence-electron chi connectivity index (χ4n) is 2.91. The minimum Gasteiger partial charge on any atom is -0.478 e. The number of carbonyl (C=O) groups is 1. The van der Waals surface area contributed by atoms with Gasteiger partial charge in [-0.15, -0.1) is 0 Å². The topological polar surface area (TPSA) is 142 Å². The molecule has 0 amide bonds. The van der Waals surface area contributed by atoms with E-state index in [0.29, 0.717) is 18.8 Å². The summed E-state index contributed by atoms with van der Waals surface area (Å²) in [7, 11) is -8.05. The standard InChI is InChI=1S/C19H21N3O6S2/c23-19(24)14-6-4-8-16(12-14)29(25,26)21-15-7-5-9-17(13-15)30(27,28)22-18-10-2-1-3-11-20-18/h4-9,12-13,21H,1-3,10-11H2,(H,20,22)(H,23,24). The van der Waals surface area contributed by atoms with Crippen LogP contribution in [0.4, 0.5) is 5.69 Å². The number of aromatic carboxylic acids is 1. The van der Waals surface area contributed by atoms with Gasteiger partial charge in [-0.3, -0.25) is 14.4 Å². The van der Waals surface area contributed by atoms with Crippen molar-refractivity contribution < 1.29 is 26.7 Å². The summed E-state index contributed by atoms with van der Waals surface area (Å²) in [6.45, 7) is 0.563. The zero-order chi connectivity index (χ0) is 21.8. The minimum atomic E-state index is -4.12. The van der Waals surface area contributed by atoms with E-state index in [-0.39, 0.29) is 21.0 Å². The van der Waals surface area contributed by atoms with Crippen molar-refractivity contribution in [3.05, 3.63) is 54.1 Å². The summed E-state index contributed by atoms with van der Waals surface area (Å²) in [5.41, 5.74) is -0.149. The monoisotopic (exact) mass is 451 g/mol. The summed E-state index contributed by atoms with van der Waals surface area (Å²) in [6, 6.07) is 10.2. The summed E-state index contributed by atoms with van der Waals surface area (Å²) in [6.07, 6.45) is 3.27. The molecular weight excluding hydrogens is 430 g/mol. The molecular formula is C19H21N3O6S2. The molecule has 9 nitrogen and oxygen atoms in total. The van der Waals surface area contributed by atoms with Crippen LogP contribution in [0.25, 0.3) is 0 Å². The molecule has 1 aliphatic rings. The summed E-state index contributed by atoms with van der Waals surface area (Å²) in [5, 5.41) is 9.04. The van der Waals surface area contributed by atoms with Crippen molar-refractivity contribution in [1.82, 2.24) is 4.72 Å². The quantitative estimate of drug-likeness (QED) is 0.616. The van der Waals surface area contributed by atoms with Gasteiger partial charge in [0.2, 0.25) is 0 Å². The van der Waals surface area contributed by atoms with Crippen LogP contribution in [0.5, 0.6) is 0 Å². The van der Waals surface area contributed by atoms with Gasteiger partial charge in [0.15, 0.2) is 0 Å². The molecule has 0 saturated carbocycles. The second-order valence-corrected chi connectivity index (χ2v) is 10.1. The van der Waals surface area contributed by atoms with Crippen LogP contribution in [0.2, 0.25) is 0 Å². The Morgan fingerprint density at radius 2 is 1.53 bits per heavy atom. The number of anilines is 1. The van der Waals surface area contributed by atoms with Crippen molar-refractivity contribution >= 4 is 37.5 Å². The first-order valence-electron chi connectivity index (χ1n) is 9.20. The van der Waals surface area contributed by atoms with Crippen molar-refractivity contribution in [3.8, 4) is 0 Å². The second-order valence-electron chi connectivity index (χ2n) is 6.71. The van der Waals surface area contributed by atoms with Gasteiger partial charge in [-0.05, 0) is 49.2 Å². The Hall–Kier alpha value is -2.92. The van der Waals surface area contributed by atoms with Crippen LogP contribution in [0.3, 0.4) is 0 Å². The zero-order valence-electron chi connectivity index (χ0n) is 15.9. The maximum atomic E-state index is 12.7. The van der Waals surface area contributed by atoms with E-state index in [4.69, 9.17) is 5.11 Å². The third-order valence-electron chi connectivity index (χ3n) is 4.41. The van der Waals surface area contributed by atoms with Gasteiger partial charge in [0.05, 0.1) is 21.0 Å². The Balaban J connectivity index is 1.83. The Bertz CT molecular complexity index is 1190. The maximum absolute atomic E-state index is 12.7. The first-order valence-corrected chi connectivity index (χ1v) is 12.2. The van der Waals surface area contributed by atoms with Crippen LogP contribution < -0.4 is 9.44 Å². The van der Waals surface area contributed by atoms with Crippen LogP contribution in [0.15, 0.2) is 63.3 Å². The van der Waals surface area contributed by atoms with E-state index in [1.165, 1.54) is 42.5 Å². The number of rotatable bonds is 6. The zero-order valence-corrected chi connectivity index (χ0v) is 17.5. The summed E-state index contributed by atoms with van der Waals surface area (Å²) < 4.78 is 55.3. The van der Waals surface area contributed by atoms with E-state index in [1.807, 2.05) is 0 Å². The molecule has 0 aromatic heterocycles. The number of amidine groups is 1. The SMILES string of the molecule is O=C(O)c1cccc(S(=O)(=O)Nc2cccc(S(=O)(=O)NC3=NCCCCC3)c2)c1. The van der Waals surface area contributed by atoms with Gasteiger partial charge in [0.25, 0.3) is 20.0 Å². The molecule has 0 saturated heterocycles. The number of carboxylic acid groups (broad SMARTS) is 1. The van der Waals surface area contributed by atoms with Gasteiger partial charge in [-0.2, -0.15) is 0 Å². The average Bonchev–Trinajstić information content (AvgIpc) is 2.96. The van der Waals surface area contributed by atoms with Crippen LogP contribution >= 0.6 is 0 Å². The average molecular weight is 452 g/mol. The molecule has 11 heteroatoms.